The highest BCUT2D eigenvalue weighted by atomic mass is 16.7. The molecule has 0 spiro atoms. The Balaban J connectivity index is 2.24. The maximum absolute atomic E-state index is 11.7. The number of hydrogen-bond donors (Lipinski definition) is 2. The van der Waals surface area contributed by atoms with E-state index in [4.69, 9.17) is 4.84 Å². The molecular weight excluding hydrogens is 198 g/mol. The van der Waals surface area contributed by atoms with Crippen LogP contribution >= 0.6 is 0 Å². The van der Waals surface area contributed by atoms with Crippen LogP contribution in [0.15, 0.2) is 18.2 Å². The van der Waals surface area contributed by atoms with Crippen molar-refractivity contribution in [2.24, 2.45) is 0 Å². The van der Waals surface area contributed by atoms with Gasteiger partial charge in [0.2, 0.25) is 0 Å². The normalized spacial score (nSPS) is 15.6. The highest BCUT2D eigenvalue weighted by molar-refractivity contribution is 5.94. The van der Waals surface area contributed by atoms with Crippen molar-refractivity contribution in [3.8, 4) is 11.5 Å². The number of nitrogens with zero attached hydrogens (tertiary/aromatic N) is 1. The van der Waals surface area contributed by atoms with Crippen molar-refractivity contribution >= 4 is 5.91 Å². The zero-order chi connectivity index (χ0) is 10.8. The quantitative estimate of drug-likeness (QED) is 0.720. The molecule has 1 heterocycles. The fourth-order valence-electron chi connectivity index (χ4n) is 1.47. The Morgan fingerprint density at radius 2 is 1.93 bits per heavy atom. The van der Waals surface area contributed by atoms with E-state index in [1.165, 1.54) is 23.3 Å². The van der Waals surface area contributed by atoms with Crippen molar-refractivity contribution in [3.05, 3.63) is 23.8 Å². The van der Waals surface area contributed by atoms with E-state index < -0.39 is 0 Å². The third-order valence-electron chi connectivity index (χ3n) is 2.13. The molecule has 0 aromatic heterocycles. The molecule has 1 aliphatic rings. The van der Waals surface area contributed by atoms with Gasteiger partial charge in [-0.05, 0) is 18.6 Å². The molecule has 0 saturated carbocycles. The highest BCUT2D eigenvalue weighted by Gasteiger charge is 2.21. The molecule has 0 atom stereocenters. The Morgan fingerprint density at radius 1 is 1.27 bits per heavy atom. The minimum absolute atomic E-state index is 0.141. The van der Waals surface area contributed by atoms with Gasteiger partial charge < -0.3 is 10.2 Å². The first-order valence-corrected chi connectivity index (χ1v) is 4.64. The minimum atomic E-state index is -0.348. The van der Waals surface area contributed by atoms with Gasteiger partial charge in [-0.15, -0.1) is 0 Å². The lowest BCUT2D eigenvalue weighted by atomic mass is 10.2. The molecule has 0 unspecified atom stereocenters. The first-order valence-electron chi connectivity index (χ1n) is 4.64. The van der Waals surface area contributed by atoms with Crippen LogP contribution in [-0.4, -0.2) is 34.3 Å². The third kappa shape index (κ3) is 2.02. The van der Waals surface area contributed by atoms with Gasteiger partial charge in [0.25, 0.3) is 5.91 Å². The van der Waals surface area contributed by atoms with Gasteiger partial charge in [0.1, 0.15) is 11.5 Å². The van der Waals surface area contributed by atoms with Gasteiger partial charge in [-0.2, -0.15) is 0 Å². The molecule has 1 amide bonds. The van der Waals surface area contributed by atoms with Crippen molar-refractivity contribution < 1.29 is 19.8 Å². The van der Waals surface area contributed by atoms with Gasteiger partial charge in [-0.1, -0.05) is 0 Å². The van der Waals surface area contributed by atoms with Crippen molar-refractivity contribution in [2.75, 3.05) is 13.2 Å². The summed E-state index contributed by atoms with van der Waals surface area (Å²) in [5.41, 5.74) is 0.217. The van der Waals surface area contributed by atoms with E-state index in [0.29, 0.717) is 13.2 Å². The zero-order valence-corrected chi connectivity index (χ0v) is 8.01. The second-order valence-corrected chi connectivity index (χ2v) is 3.33. The van der Waals surface area contributed by atoms with E-state index in [1.807, 2.05) is 0 Å². The summed E-state index contributed by atoms with van der Waals surface area (Å²) < 4.78 is 0. The van der Waals surface area contributed by atoms with Crippen LogP contribution in [0.3, 0.4) is 0 Å². The van der Waals surface area contributed by atoms with E-state index in [2.05, 4.69) is 0 Å². The second kappa shape index (κ2) is 3.78. The predicted octanol–water partition coefficient (Wildman–Crippen LogP) is 0.875. The van der Waals surface area contributed by atoms with Crippen LogP contribution in [0.25, 0.3) is 0 Å². The molecule has 5 heteroatoms. The fourth-order valence-corrected chi connectivity index (χ4v) is 1.47. The summed E-state index contributed by atoms with van der Waals surface area (Å²) in [7, 11) is 0. The van der Waals surface area contributed by atoms with E-state index in [1.54, 1.807) is 0 Å². The Bertz CT molecular complexity index is 365. The van der Waals surface area contributed by atoms with Gasteiger partial charge in [-0.3, -0.25) is 9.63 Å². The van der Waals surface area contributed by atoms with Crippen LogP contribution < -0.4 is 0 Å². The summed E-state index contributed by atoms with van der Waals surface area (Å²) in [5.74, 6) is -0.631. The van der Waals surface area contributed by atoms with E-state index >= 15 is 0 Å². The molecule has 0 aliphatic carbocycles. The molecule has 1 fully saturated rings. The molecule has 80 valence electrons. The van der Waals surface area contributed by atoms with E-state index in [0.717, 1.165) is 6.42 Å². The fraction of sp³-hybridized carbons (Fsp3) is 0.300. The maximum atomic E-state index is 11.7. The molecule has 0 radical (unpaired) electrons. The number of aromatic hydroxyl groups is 2. The number of hydroxylamine groups is 2. The summed E-state index contributed by atoms with van der Waals surface area (Å²) >= 11 is 0. The molecule has 1 saturated heterocycles. The lowest BCUT2D eigenvalue weighted by Crippen LogP contribution is -2.26. The van der Waals surface area contributed by atoms with E-state index in [-0.39, 0.29) is 23.0 Å². The summed E-state index contributed by atoms with van der Waals surface area (Å²) in [5, 5.41) is 19.7. The van der Waals surface area contributed by atoms with Crippen molar-refractivity contribution in [3.63, 3.8) is 0 Å². The average Bonchev–Trinajstić information content (AvgIpc) is 2.67. The molecule has 1 aromatic rings. The summed E-state index contributed by atoms with van der Waals surface area (Å²) in [6.45, 7) is 1.06. The number of rotatable bonds is 1. The monoisotopic (exact) mass is 209 g/mol. The standard InChI is InChI=1S/C10H11NO4/c12-8-4-7(5-9(13)6-8)10(14)11-2-1-3-15-11/h4-6,12-13H,1-3H2. The van der Waals surface area contributed by atoms with Crippen LogP contribution in [-0.2, 0) is 4.84 Å². The summed E-state index contributed by atoms with van der Waals surface area (Å²) in [6, 6.07) is 3.76. The average molecular weight is 209 g/mol. The lowest BCUT2D eigenvalue weighted by molar-refractivity contribution is -0.0768. The van der Waals surface area contributed by atoms with Gasteiger partial charge in [0.15, 0.2) is 0 Å². The van der Waals surface area contributed by atoms with Crippen LogP contribution in [0.4, 0.5) is 0 Å². The van der Waals surface area contributed by atoms with Crippen LogP contribution in [0.5, 0.6) is 11.5 Å². The molecule has 1 aliphatic heterocycles. The van der Waals surface area contributed by atoms with Gasteiger partial charge in [0, 0.05) is 11.6 Å². The predicted molar refractivity (Wildman–Crippen MR) is 51.4 cm³/mol. The van der Waals surface area contributed by atoms with Crippen LogP contribution in [0.2, 0.25) is 0 Å². The maximum Gasteiger partial charge on any atom is 0.277 e. The molecule has 1 aromatic carbocycles. The number of hydrogen-bond acceptors (Lipinski definition) is 4. The molecule has 2 N–H and O–H groups in total. The molecule has 5 nitrogen and oxygen atoms in total. The molecular formula is C10H11NO4. The smallest absolute Gasteiger partial charge is 0.277 e. The minimum Gasteiger partial charge on any atom is -0.508 e. The first kappa shape index (κ1) is 9.79. The van der Waals surface area contributed by atoms with Crippen molar-refractivity contribution in [1.29, 1.82) is 0 Å². The molecule has 0 bridgehead atoms. The molecule has 2 rings (SSSR count). The summed E-state index contributed by atoms with van der Waals surface area (Å²) in [6.07, 6.45) is 0.802. The zero-order valence-electron chi connectivity index (χ0n) is 8.01. The highest BCUT2D eigenvalue weighted by Crippen LogP contribution is 2.22. The Labute approximate surface area is 86.5 Å². The van der Waals surface area contributed by atoms with Crippen molar-refractivity contribution in [1.82, 2.24) is 5.06 Å². The van der Waals surface area contributed by atoms with Crippen LogP contribution in [0, 0.1) is 0 Å². The van der Waals surface area contributed by atoms with Gasteiger partial charge in [-0.25, -0.2) is 5.06 Å². The summed E-state index contributed by atoms with van der Waals surface area (Å²) in [4.78, 5) is 16.8. The lowest BCUT2D eigenvalue weighted by Gasteiger charge is -2.13. The van der Waals surface area contributed by atoms with Crippen LogP contribution in [0.1, 0.15) is 16.8 Å². The number of amides is 1. The topological polar surface area (TPSA) is 70.0 Å². The Hall–Kier alpha value is -1.75. The number of carbonyl (C=O) groups excluding carboxylic acids is 1. The largest absolute Gasteiger partial charge is 0.508 e. The number of carbonyl (C=O) groups is 1. The number of benzene rings is 1. The Morgan fingerprint density at radius 3 is 2.47 bits per heavy atom. The number of phenols is 2. The van der Waals surface area contributed by atoms with Gasteiger partial charge >= 0.3 is 0 Å². The number of phenolic OH excluding ortho intramolecular Hbond substituents is 2. The SMILES string of the molecule is O=C(c1cc(O)cc(O)c1)N1CCCO1. The first-order chi connectivity index (χ1) is 7.16. The molecule has 15 heavy (non-hydrogen) atoms. The third-order valence-corrected chi connectivity index (χ3v) is 2.13. The van der Waals surface area contributed by atoms with E-state index in [9.17, 15) is 15.0 Å². The van der Waals surface area contributed by atoms with Crippen molar-refractivity contribution in [2.45, 2.75) is 6.42 Å². The van der Waals surface area contributed by atoms with Gasteiger partial charge in [0.05, 0.1) is 13.2 Å². The second-order valence-electron chi connectivity index (χ2n) is 3.33. The Kier molecular flexibility index (Phi) is 2.47.